The highest BCUT2D eigenvalue weighted by Crippen LogP contribution is 2.25. The molecule has 0 aliphatic rings. The van der Waals surface area contributed by atoms with E-state index in [0.29, 0.717) is 10.6 Å². The van der Waals surface area contributed by atoms with Gasteiger partial charge in [0.2, 0.25) is 10.0 Å². The lowest BCUT2D eigenvalue weighted by Gasteiger charge is -2.25. The van der Waals surface area contributed by atoms with Crippen molar-refractivity contribution >= 4 is 27.0 Å². The predicted octanol–water partition coefficient (Wildman–Crippen LogP) is 3.04. The van der Waals surface area contributed by atoms with Gasteiger partial charge in [-0.2, -0.15) is 4.31 Å². The first-order valence-electron chi connectivity index (χ1n) is 6.74. The number of rotatable bonds is 6. The first kappa shape index (κ1) is 16.0. The largest absolute Gasteiger partial charge is 0.387 e. The van der Waals surface area contributed by atoms with Crippen molar-refractivity contribution in [1.82, 2.24) is 4.31 Å². The summed E-state index contributed by atoms with van der Waals surface area (Å²) in [7, 11) is -0.144. The molecule has 1 atom stereocenters. The molecule has 0 radical (unpaired) electrons. The Morgan fingerprint density at radius 2 is 1.95 bits per heavy atom. The highest BCUT2D eigenvalue weighted by Gasteiger charge is 2.27. The minimum absolute atomic E-state index is 0.0986. The molecule has 1 N–H and O–H groups in total. The second kappa shape index (κ2) is 6.60. The van der Waals surface area contributed by atoms with Gasteiger partial charge >= 0.3 is 0 Å². The Kier molecular flexibility index (Phi) is 5.03. The zero-order valence-electron chi connectivity index (χ0n) is 12.4. The highest BCUT2D eigenvalue weighted by atomic mass is 32.2. The van der Waals surface area contributed by atoms with Crippen LogP contribution in [0.1, 0.15) is 11.8 Å². The third kappa shape index (κ3) is 3.45. The summed E-state index contributed by atoms with van der Waals surface area (Å²) in [5.74, 6) is 0. The van der Waals surface area contributed by atoms with E-state index in [2.05, 4.69) is 5.32 Å². The van der Waals surface area contributed by atoms with Gasteiger partial charge in [0, 0.05) is 25.0 Å². The fourth-order valence-electron chi connectivity index (χ4n) is 2.14. The summed E-state index contributed by atoms with van der Waals surface area (Å²) in [6.45, 7) is 1.93. The van der Waals surface area contributed by atoms with Gasteiger partial charge in [0.1, 0.15) is 4.90 Å². The number of hydrogen-bond acceptors (Lipinski definition) is 4. The second-order valence-electron chi connectivity index (χ2n) is 4.90. The van der Waals surface area contributed by atoms with Gasteiger partial charge in [-0.1, -0.05) is 18.2 Å². The average Bonchev–Trinajstić information content (AvgIpc) is 2.99. The molecule has 0 saturated heterocycles. The summed E-state index contributed by atoms with van der Waals surface area (Å²) in [4.78, 5) is 1.50. The molecule has 0 bridgehead atoms. The molecule has 0 saturated carbocycles. The zero-order chi connectivity index (χ0) is 15.5. The van der Waals surface area contributed by atoms with Gasteiger partial charge in [0.15, 0.2) is 0 Å². The van der Waals surface area contributed by atoms with E-state index in [1.807, 2.05) is 30.5 Å². The van der Waals surface area contributed by atoms with Crippen molar-refractivity contribution in [2.75, 3.05) is 19.4 Å². The van der Waals surface area contributed by atoms with E-state index in [1.54, 1.807) is 43.6 Å². The first-order valence-corrected chi connectivity index (χ1v) is 9.06. The van der Waals surface area contributed by atoms with Crippen molar-refractivity contribution in [3.05, 3.63) is 46.7 Å². The molecule has 0 fully saturated rings. The first-order chi connectivity index (χ1) is 9.96. The Morgan fingerprint density at radius 1 is 1.24 bits per heavy atom. The molecule has 0 amide bonds. The third-order valence-corrected chi connectivity index (χ3v) is 6.44. The van der Waals surface area contributed by atoms with Crippen molar-refractivity contribution in [2.24, 2.45) is 0 Å². The lowest BCUT2D eigenvalue weighted by atomic mass is 10.2. The molecule has 0 aliphatic carbocycles. The number of thiophene rings is 1. The molecule has 2 rings (SSSR count). The molecule has 0 spiro atoms. The minimum atomic E-state index is -3.51. The Labute approximate surface area is 130 Å². The molecular formula is C15H20N2O2S2. The number of nitrogens with zero attached hydrogens (tertiary/aromatic N) is 1. The van der Waals surface area contributed by atoms with E-state index in [-0.39, 0.29) is 6.04 Å². The summed E-state index contributed by atoms with van der Waals surface area (Å²) >= 11 is 1.65. The fourth-order valence-corrected chi connectivity index (χ4v) is 4.52. The topological polar surface area (TPSA) is 49.4 Å². The Bertz CT molecular complexity index is 681. The molecule has 21 heavy (non-hydrogen) atoms. The van der Waals surface area contributed by atoms with Gasteiger partial charge in [0.25, 0.3) is 0 Å². The minimum Gasteiger partial charge on any atom is -0.387 e. The molecule has 2 aromatic rings. The maximum absolute atomic E-state index is 12.8. The number of nitrogens with one attached hydrogen (secondary N) is 1. The summed E-state index contributed by atoms with van der Waals surface area (Å²) in [6, 6.07) is 10.9. The Balaban J connectivity index is 2.26. The lowest BCUT2D eigenvalue weighted by Crippen LogP contribution is -2.36. The number of sulfonamides is 1. The van der Waals surface area contributed by atoms with E-state index < -0.39 is 10.0 Å². The molecule has 114 valence electrons. The standard InChI is InChI=1S/C15H20N2O2S2/c1-12(11-13-7-6-10-20-13)17(3)21(18,19)15-9-5-4-8-14(15)16-2/h4-10,12,16H,11H2,1-3H3. The van der Waals surface area contributed by atoms with E-state index in [4.69, 9.17) is 0 Å². The van der Waals surface area contributed by atoms with Crippen LogP contribution in [0.25, 0.3) is 0 Å². The zero-order valence-corrected chi connectivity index (χ0v) is 14.0. The molecule has 1 aromatic heterocycles. The maximum atomic E-state index is 12.8. The Hall–Kier alpha value is -1.37. The van der Waals surface area contributed by atoms with Crippen LogP contribution in [0.4, 0.5) is 5.69 Å². The summed E-state index contributed by atoms with van der Waals surface area (Å²) < 4.78 is 27.0. The number of benzene rings is 1. The van der Waals surface area contributed by atoms with Crippen LogP contribution in [-0.4, -0.2) is 32.9 Å². The van der Waals surface area contributed by atoms with Crippen molar-refractivity contribution in [1.29, 1.82) is 0 Å². The van der Waals surface area contributed by atoms with E-state index >= 15 is 0 Å². The van der Waals surface area contributed by atoms with Gasteiger partial charge in [-0.15, -0.1) is 11.3 Å². The molecular weight excluding hydrogens is 304 g/mol. The van der Waals surface area contributed by atoms with Crippen LogP contribution in [0.3, 0.4) is 0 Å². The summed E-state index contributed by atoms with van der Waals surface area (Å²) in [5.41, 5.74) is 0.618. The van der Waals surface area contributed by atoms with Crippen molar-refractivity contribution < 1.29 is 8.42 Å². The average molecular weight is 324 g/mol. The van der Waals surface area contributed by atoms with Crippen LogP contribution in [-0.2, 0) is 16.4 Å². The highest BCUT2D eigenvalue weighted by molar-refractivity contribution is 7.89. The van der Waals surface area contributed by atoms with Crippen molar-refractivity contribution in [2.45, 2.75) is 24.3 Å². The number of hydrogen-bond donors (Lipinski definition) is 1. The van der Waals surface area contributed by atoms with Crippen molar-refractivity contribution in [3.8, 4) is 0 Å². The molecule has 0 aliphatic heterocycles. The molecule has 1 aromatic carbocycles. The summed E-state index contributed by atoms with van der Waals surface area (Å²) in [5, 5.41) is 4.94. The van der Waals surface area contributed by atoms with Gasteiger partial charge < -0.3 is 5.32 Å². The molecule has 1 heterocycles. The van der Waals surface area contributed by atoms with E-state index in [0.717, 1.165) is 6.42 Å². The van der Waals surface area contributed by atoms with E-state index in [9.17, 15) is 8.42 Å². The third-order valence-electron chi connectivity index (χ3n) is 3.51. The van der Waals surface area contributed by atoms with Crippen LogP contribution in [0.15, 0.2) is 46.7 Å². The quantitative estimate of drug-likeness (QED) is 0.888. The number of para-hydroxylation sites is 1. The fraction of sp³-hybridized carbons (Fsp3) is 0.333. The normalized spacial score (nSPS) is 13.3. The SMILES string of the molecule is CNc1ccccc1S(=O)(=O)N(C)C(C)Cc1cccs1. The van der Waals surface area contributed by atoms with Gasteiger partial charge in [-0.25, -0.2) is 8.42 Å². The smallest absolute Gasteiger partial charge is 0.245 e. The molecule has 1 unspecified atom stereocenters. The lowest BCUT2D eigenvalue weighted by molar-refractivity contribution is 0.388. The van der Waals surface area contributed by atoms with Gasteiger partial charge in [0.05, 0.1) is 5.69 Å². The van der Waals surface area contributed by atoms with E-state index in [1.165, 1.54) is 9.18 Å². The predicted molar refractivity (Wildman–Crippen MR) is 88.4 cm³/mol. The summed E-state index contributed by atoms with van der Waals surface area (Å²) in [6.07, 6.45) is 0.717. The van der Waals surface area contributed by atoms with Gasteiger partial charge in [-0.3, -0.25) is 0 Å². The van der Waals surface area contributed by atoms with Crippen LogP contribution in [0.2, 0.25) is 0 Å². The maximum Gasteiger partial charge on any atom is 0.245 e. The monoisotopic (exact) mass is 324 g/mol. The van der Waals surface area contributed by atoms with Crippen molar-refractivity contribution in [3.63, 3.8) is 0 Å². The molecule has 4 nitrogen and oxygen atoms in total. The molecule has 6 heteroatoms. The van der Waals surface area contributed by atoms with Crippen LogP contribution >= 0.6 is 11.3 Å². The van der Waals surface area contributed by atoms with Crippen LogP contribution in [0, 0.1) is 0 Å². The Morgan fingerprint density at radius 3 is 2.57 bits per heavy atom. The number of likely N-dealkylation sites (N-methyl/N-ethyl adjacent to an activating group) is 1. The second-order valence-corrected chi connectivity index (χ2v) is 7.90. The van der Waals surface area contributed by atoms with Crippen LogP contribution < -0.4 is 5.32 Å². The van der Waals surface area contributed by atoms with Gasteiger partial charge in [-0.05, 0) is 36.9 Å². The number of anilines is 1. The van der Waals surface area contributed by atoms with Crippen LogP contribution in [0.5, 0.6) is 0 Å².